The van der Waals surface area contributed by atoms with Gasteiger partial charge in [-0.05, 0) is 44.3 Å². The molecule has 2 fully saturated rings. The van der Waals surface area contributed by atoms with Gasteiger partial charge in [0.25, 0.3) is 0 Å². The minimum absolute atomic E-state index is 0.0614. The maximum atomic E-state index is 12.6. The number of morpholine rings is 1. The van der Waals surface area contributed by atoms with Gasteiger partial charge in [0, 0.05) is 23.9 Å². The fraction of sp³-hybridized carbons (Fsp3) is 0.667. The van der Waals surface area contributed by atoms with Gasteiger partial charge in [-0.25, -0.2) is 0 Å². The number of ether oxygens (including phenoxy) is 1. The third kappa shape index (κ3) is 4.80. The summed E-state index contributed by atoms with van der Waals surface area (Å²) >= 11 is 1.65. The molecule has 2 saturated heterocycles. The number of carbonyl (C=O) groups excluding carboxylic acids is 2. The van der Waals surface area contributed by atoms with Crippen molar-refractivity contribution in [2.45, 2.75) is 32.4 Å². The molecule has 138 valence electrons. The van der Waals surface area contributed by atoms with Gasteiger partial charge in [-0.15, -0.1) is 11.3 Å². The lowest BCUT2D eigenvalue weighted by atomic mass is 9.94. The zero-order valence-corrected chi connectivity index (χ0v) is 15.6. The maximum Gasteiger partial charge on any atom is 0.237 e. The second-order valence-electron chi connectivity index (χ2n) is 6.72. The van der Waals surface area contributed by atoms with E-state index in [1.165, 1.54) is 0 Å². The summed E-state index contributed by atoms with van der Waals surface area (Å²) in [5.74, 6) is 0.417. The zero-order valence-electron chi connectivity index (χ0n) is 14.8. The number of hydrogen-bond acceptors (Lipinski definition) is 5. The molecule has 3 heterocycles. The first-order valence-corrected chi connectivity index (χ1v) is 9.94. The van der Waals surface area contributed by atoms with Crippen molar-refractivity contribution in [1.29, 1.82) is 0 Å². The molecule has 6 nitrogen and oxygen atoms in total. The number of nitrogens with zero attached hydrogens (tertiary/aromatic N) is 2. The number of rotatable bonds is 5. The van der Waals surface area contributed by atoms with Crippen LogP contribution >= 0.6 is 11.3 Å². The fourth-order valence-electron chi connectivity index (χ4n) is 3.48. The summed E-state index contributed by atoms with van der Waals surface area (Å²) in [6.07, 6.45) is 1.66. The first kappa shape index (κ1) is 18.4. The number of nitrogens with one attached hydrogen (secondary N) is 1. The van der Waals surface area contributed by atoms with Crippen molar-refractivity contribution < 1.29 is 14.3 Å². The van der Waals surface area contributed by atoms with Crippen molar-refractivity contribution in [3.8, 4) is 0 Å². The van der Waals surface area contributed by atoms with Gasteiger partial charge in [-0.3, -0.25) is 14.5 Å². The first-order valence-electron chi connectivity index (χ1n) is 9.06. The monoisotopic (exact) mass is 365 g/mol. The molecule has 0 aliphatic carbocycles. The summed E-state index contributed by atoms with van der Waals surface area (Å²) in [6.45, 7) is 6.85. The first-order chi connectivity index (χ1) is 12.1. The standard InChI is InChI=1S/C18H27N3O3S/c1-14(17(22)19-13-16-3-2-12-25-16)20-6-4-15(5-7-20)18(23)21-8-10-24-11-9-21/h2-3,12,14-15H,4-11,13H2,1H3,(H,19,22). The lowest BCUT2D eigenvalue weighted by Gasteiger charge is -2.37. The normalized spacial score (nSPS) is 21.1. The fourth-order valence-corrected chi connectivity index (χ4v) is 4.12. The third-order valence-corrected chi connectivity index (χ3v) is 6.02. The highest BCUT2D eigenvalue weighted by molar-refractivity contribution is 7.09. The van der Waals surface area contributed by atoms with E-state index in [0.29, 0.717) is 32.8 Å². The van der Waals surface area contributed by atoms with E-state index in [1.807, 2.05) is 29.3 Å². The number of likely N-dealkylation sites (tertiary alicyclic amines) is 1. The van der Waals surface area contributed by atoms with Crippen LogP contribution in [0.3, 0.4) is 0 Å². The Labute approximate surface area is 153 Å². The van der Waals surface area contributed by atoms with Crippen molar-refractivity contribution in [2.24, 2.45) is 5.92 Å². The predicted octanol–water partition coefficient (Wildman–Crippen LogP) is 1.32. The molecule has 7 heteroatoms. The van der Waals surface area contributed by atoms with E-state index in [-0.39, 0.29) is 23.8 Å². The Kier molecular flexibility index (Phi) is 6.45. The zero-order chi connectivity index (χ0) is 17.6. The van der Waals surface area contributed by atoms with E-state index in [4.69, 9.17) is 4.74 Å². The van der Waals surface area contributed by atoms with E-state index in [9.17, 15) is 9.59 Å². The van der Waals surface area contributed by atoms with Crippen LogP contribution in [0.4, 0.5) is 0 Å². The average molecular weight is 365 g/mol. The van der Waals surface area contributed by atoms with Crippen molar-refractivity contribution in [1.82, 2.24) is 15.1 Å². The van der Waals surface area contributed by atoms with Crippen LogP contribution in [0.5, 0.6) is 0 Å². The van der Waals surface area contributed by atoms with Crippen LogP contribution in [-0.2, 0) is 20.9 Å². The second kappa shape index (κ2) is 8.78. The topological polar surface area (TPSA) is 61.9 Å². The van der Waals surface area contributed by atoms with E-state index in [2.05, 4.69) is 10.2 Å². The van der Waals surface area contributed by atoms with Gasteiger partial charge < -0.3 is 15.0 Å². The van der Waals surface area contributed by atoms with Gasteiger partial charge in [0.1, 0.15) is 0 Å². The van der Waals surface area contributed by atoms with Crippen LogP contribution in [0.15, 0.2) is 17.5 Å². The molecule has 0 saturated carbocycles. The van der Waals surface area contributed by atoms with Gasteiger partial charge in [-0.2, -0.15) is 0 Å². The van der Waals surface area contributed by atoms with Gasteiger partial charge in [0.15, 0.2) is 0 Å². The van der Waals surface area contributed by atoms with Crippen molar-refractivity contribution in [3.63, 3.8) is 0 Å². The molecule has 3 rings (SSSR count). The van der Waals surface area contributed by atoms with Crippen LogP contribution in [0.2, 0.25) is 0 Å². The lowest BCUT2D eigenvalue weighted by molar-refractivity contribution is -0.141. The molecule has 1 atom stereocenters. The Morgan fingerprint density at radius 1 is 1.28 bits per heavy atom. The summed E-state index contributed by atoms with van der Waals surface area (Å²) in [4.78, 5) is 30.2. The van der Waals surface area contributed by atoms with Crippen LogP contribution in [-0.4, -0.2) is 67.0 Å². The SMILES string of the molecule is CC(C(=O)NCc1cccs1)N1CCC(C(=O)N2CCOCC2)CC1. The molecule has 1 unspecified atom stereocenters. The smallest absolute Gasteiger partial charge is 0.237 e. The van der Waals surface area contributed by atoms with Crippen molar-refractivity contribution in [2.75, 3.05) is 39.4 Å². The predicted molar refractivity (Wildman–Crippen MR) is 97.3 cm³/mol. The van der Waals surface area contributed by atoms with Gasteiger partial charge in [0.05, 0.1) is 25.8 Å². The molecular formula is C18H27N3O3S. The number of thiophene rings is 1. The van der Waals surface area contributed by atoms with Gasteiger partial charge >= 0.3 is 0 Å². The van der Waals surface area contributed by atoms with Crippen molar-refractivity contribution >= 4 is 23.2 Å². The van der Waals surface area contributed by atoms with E-state index in [1.54, 1.807) is 11.3 Å². The minimum atomic E-state index is -0.153. The van der Waals surface area contributed by atoms with Gasteiger partial charge in [-0.1, -0.05) is 6.07 Å². The van der Waals surface area contributed by atoms with E-state index < -0.39 is 0 Å². The Bertz CT molecular complexity index is 564. The second-order valence-corrected chi connectivity index (χ2v) is 7.75. The highest BCUT2D eigenvalue weighted by atomic mass is 32.1. The van der Waals surface area contributed by atoms with Crippen LogP contribution in [0.1, 0.15) is 24.6 Å². The molecule has 1 aromatic heterocycles. The van der Waals surface area contributed by atoms with Crippen LogP contribution < -0.4 is 5.32 Å². The number of amides is 2. The average Bonchev–Trinajstić information content (AvgIpc) is 3.19. The minimum Gasteiger partial charge on any atom is -0.378 e. The number of hydrogen-bond donors (Lipinski definition) is 1. The molecule has 0 aromatic carbocycles. The molecule has 2 aliphatic heterocycles. The van der Waals surface area contributed by atoms with E-state index in [0.717, 1.165) is 30.8 Å². The molecule has 1 N–H and O–H groups in total. The van der Waals surface area contributed by atoms with Crippen LogP contribution in [0.25, 0.3) is 0 Å². The number of carbonyl (C=O) groups is 2. The quantitative estimate of drug-likeness (QED) is 0.855. The van der Waals surface area contributed by atoms with Gasteiger partial charge in [0.2, 0.25) is 11.8 Å². The highest BCUT2D eigenvalue weighted by Crippen LogP contribution is 2.22. The summed E-state index contributed by atoms with van der Waals surface area (Å²) in [6, 6.07) is 3.86. The summed E-state index contributed by atoms with van der Waals surface area (Å²) in [5, 5.41) is 5.02. The molecule has 2 aliphatic rings. The Morgan fingerprint density at radius 2 is 2.00 bits per heavy atom. The Hall–Kier alpha value is -1.44. The van der Waals surface area contributed by atoms with Crippen molar-refractivity contribution in [3.05, 3.63) is 22.4 Å². The molecule has 1 aromatic rings. The molecule has 0 spiro atoms. The largest absolute Gasteiger partial charge is 0.378 e. The molecular weight excluding hydrogens is 338 g/mol. The maximum absolute atomic E-state index is 12.6. The lowest BCUT2D eigenvalue weighted by Crippen LogP contribution is -2.51. The molecule has 2 amide bonds. The third-order valence-electron chi connectivity index (χ3n) is 5.15. The number of piperidine rings is 1. The molecule has 0 radical (unpaired) electrons. The molecule has 25 heavy (non-hydrogen) atoms. The summed E-state index contributed by atoms with van der Waals surface area (Å²) in [7, 11) is 0. The highest BCUT2D eigenvalue weighted by Gasteiger charge is 2.32. The van der Waals surface area contributed by atoms with E-state index >= 15 is 0 Å². The summed E-state index contributed by atoms with van der Waals surface area (Å²) in [5.41, 5.74) is 0. The Morgan fingerprint density at radius 3 is 2.64 bits per heavy atom. The molecule has 0 bridgehead atoms. The van der Waals surface area contributed by atoms with Crippen LogP contribution in [0, 0.1) is 5.92 Å². The Balaban J connectivity index is 1.43. The summed E-state index contributed by atoms with van der Waals surface area (Å²) < 4.78 is 5.32.